The summed E-state index contributed by atoms with van der Waals surface area (Å²) in [6.07, 6.45) is -2.98. The highest BCUT2D eigenvalue weighted by atomic mass is 79.9. The highest BCUT2D eigenvalue weighted by Crippen LogP contribution is 2.36. The molecule has 0 bridgehead atoms. The molecule has 1 aromatic heterocycles. The monoisotopic (exact) mass is 439 g/mol. The molecule has 1 amide bonds. The summed E-state index contributed by atoms with van der Waals surface area (Å²) in [7, 11) is 0. The van der Waals surface area contributed by atoms with Crippen LogP contribution in [0.15, 0.2) is 59.3 Å². The van der Waals surface area contributed by atoms with Crippen molar-refractivity contribution in [3.63, 3.8) is 0 Å². The average Bonchev–Trinajstić information content (AvgIpc) is 3.15. The minimum Gasteiger partial charge on any atom is -0.324 e. The van der Waals surface area contributed by atoms with Crippen LogP contribution >= 0.6 is 15.9 Å². The average molecular weight is 440 g/mol. The van der Waals surface area contributed by atoms with Gasteiger partial charge in [0.25, 0.3) is 0 Å². The summed E-state index contributed by atoms with van der Waals surface area (Å²) in [5, 5.41) is 13.3. The van der Waals surface area contributed by atoms with E-state index in [9.17, 15) is 18.0 Å². The number of benzene rings is 2. The molecular weight excluding hydrogens is 427 g/mol. The number of hydrogen-bond acceptors (Lipinski definition) is 4. The maximum absolute atomic E-state index is 13.1. The number of amides is 1. The van der Waals surface area contributed by atoms with Crippen LogP contribution in [-0.2, 0) is 17.4 Å². The van der Waals surface area contributed by atoms with E-state index in [4.69, 9.17) is 0 Å². The minimum absolute atomic E-state index is 0.0293. The van der Waals surface area contributed by atoms with Crippen LogP contribution in [0.2, 0.25) is 0 Å². The lowest BCUT2D eigenvalue weighted by molar-refractivity contribution is -0.138. The van der Waals surface area contributed by atoms with E-state index in [-0.39, 0.29) is 16.6 Å². The van der Waals surface area contributed by atoms with Gasteiger partial charge in [-0.25, -0.2) is 4.68 Å². The lowest BCUT2D eigenvalue weighted by Crippen LogP contribution is -2.28. The summed E-state index contributed by atoms with van der Waals surface area (Å²) in [5.74, 6) is -0.526. The fourth-order valence-electron chi connectivity index (χ4n) is 2.50. The maximum Gasteiger partial charge on any atom is 0.417 e. The molecule has 0 fully saturated rings. The highest BCUT2D eigenvalue weighted by molar-refractivity contribution is 9.10. The van der Waals surface area contributed by atoms with Gasteiger partial charge < -0.3 is 5.32 Å². The van der Waals surface area contributed by atoms with Crippen LogP contribution in [0.5, 0.6) is 0 Å². The van der Waals surface area contributed by atoms with E-state index in [0.29, 0.717) is 0 Å². The zero-order chi connectivity index (χ0) is 19.4. The van der Waals surface area contributed by atoms with Crippen LogP contribution in [-0.4, -0.2) is 26.1 Å². The standard InChI is InChI=1S/C17H13BrF3N5O/c18-14-7-6-12(9-13(14)17(19,20)21)23-16(27)15(26-10-22-24-25-26)8-11-4-2-1-3-5-11/h1-7,9-10,15H,8H2,(H,23,27). The number of rotatable bonds is 5. The Kier molecular flexibility index (Phi) is 5.54. The highest BCUT2D eigenvalue weighted by Gasteiger charge is 2.33. The number of tetrazole rings is 1. The van der Waals surface area contributed by atoms with Crippen LogP contribution in [0, 0.1) is 0 Å². The molecule has 1 heterocycles. The van der Waals surface area contributed by atoms with E-state index >= 15 is 0 Å². The zero-order valence-corrected chi connectivity index (χ0v) is 15.3. The lowest BCUT2D eigenvalue weighted by Gasteiger charge is -2.17. The normalized spacial score (nSPS) is 12.6. The first-order chi connectivity index (χ1) is 12.8. The molecule has 1 unspecified atom stereocenters. The van der Waals surface area contributed by atoms with E-state index in [0.717, 1.165) is 11.6 Å². The molecule has 27 heavy (non-hydrogen) atoms. The second-order valence-electron chi connectivity index (χ2n) is 5.68. The van der Waals surface area contributed by atoms with Crippen molar-refractivity contribution in [2.45, 2.75) is 18.6 Å². The summed E-state index contributed by atoms with van der Waals surface area (Å²) in [5.41, 5.74) is 0.0175. The predicted molar refractivity (Wildman–Crippen MR) is 94.8 cm³/mol. The molecule has 0 aliphatic rings. The summed E-state index contributed by atoms with van der Waals surface area (Å²) in [4.78, 5) is 12.7. The molecular formula is C17H13BrF3N5O. The molecule has 3 rings (SSSR count). The van der Waals surface area contributed by atoms with Gasteiger partial charge in [-0.1, -0.05) is 46.3 Å². The topological polar surface area (TPSA) is 72.7 Å². The van der Waals surface area contributed by atoms with Gasteiger partial charge in [-0.05, 0) is 34.2 Å². The van der Waals surface area contributed by atoms with Crippen LogP contribution in [0.4, 0.5) is 18.9 Å². The van der Waals surface area contributed by atoms with Gasteiger partial charge in [-0.15, -0.1) is 5.10 Å². The number of hydrogen-bond donors (Lipinski definition) is 1. The Labute approximate surface area is 160 Å². The van der Waals surface area contributed by atoms with Gasteiger partial charge in [0, 0.05) is 16.6 Å². The van der Waals surface area contributed by atoms with Gasteiger partial charge in [0.2, 0.25) is 5.91 Å². The smallest absolute Gasteiger partial charge is 0.324 e. The van der Waals surface area contributed by atoms with Crippen LogP contribution in [0.1, 0.15) is 17.2 Å². The Morgan fingerprint density at radius 3 is 2.56 bits per heavy atom. The first-order valence-electron chi connectivity index (χ1n) is 7.78. The molecule has 10 heteroatoms. The van der Waals surface area contributed by atoms with E-state index in [1.165, 1.54) is 23.1 Å². The van der Waals surface area contributed by atoms with E-state index in [1.807, 2.05) is 30.3 Å². The third kappa shape index (κ3) is 4.70. The quantitative estimate of drug-likeness (QED) is 0.654. The Morgan fingerprint density at radius 2 is 1.93 bits per heavy atom. The molecule has 2 aromatic carbocycles. The summed E-state index contributed by atoms with van der Waals surface area (Å²) in [6, 6.07) is 11.9. The van der Waals surface area contributed by atoms with Crippen molar-refractivity contribution >= 4 is 27.5 Å². The van der Waals surface area contributed by atoms with Gasteiger partial charge >= 0.3 is 6.18 Å². The summed E-state index contributed by atoms with van der Waals surface area (Å²) in [6.45, 7) is 0. The second kappa shape index (κ2) is 7.87. The van der Waals surface area contributed by atoms with Gasteiger partial charge in [-0.2, -0.15) is 13.2 Å². The van der Waals surface area contributed by atoms with Crippen molar-refractivity contribution in [3.05, 3.63) is 70.5 Å². The van der Waals surface area contributed by atoms with Gasteiger partial charge in [0.1, 0.15) is 12.4 Å². The Hall–Kier alpha value is -2.75. The number of alkyl halides is 3. The molecule has 1 atom stereocenters. The van der Waals surface area contributed by atoms with E-state index < -0.39 is 23.7 Å². The molecule has 0 radical (unpaired) electrons. The summed E-state index contributed by atoms with van der Waals surface area (Å²) >= 11 is 2.87. The first kappa shape index (κ1) is 19.0. The second-order valence-corrected chi connectivity index (χ2v) is 6.53. The van der Waals surface area contributed by atoms with Crippen LogP contribution in [0.3, 0.4) is 0 Å². The third-order valence-electron chi connectivity index (χ3n) is 3.80. The number of nitrogens with one attached hydrogen (secondary N) is 1. The van der Waals surface area contributed by atoms with Crippen molar-refractivity contribution < 1.29 is 18.0 Å². The van der Waals surface area contributed by atoms with Crippen LogP contribution < -0.4 is 5.32 Å². The first-order valence-corrected chi connectivity index (χ1v) is 8.58. The lowest BCUT2D eigenvalue weighted by atomic mass is 10.1. The predicted octanol–water partition coefficient (Wildman–Crippen LogP) is 3.88. The fraction of sp³-hybridized carbons (Fsp3) is 0.176. The molecule has 0 saturated heterocycles. The molecule has 0 aliphatic heterocycles. The van der Waals surface area contributed by atoms with Crippen molar-refractivity contribution in [2.24, 2.45) is 0 Å². The van der Waals surface area contributed by atoms with Crippen molar-refractivity contribution in [2.75, 3.05) is 5.32 Å². The number of halogens is 4. The Morgan fingerprint density at radius 1 is 1.19 bits per heavy atom. The van der Waals surface area contributed by atoms with Crippen molar-refractivity contribution in [1.82, 2.24) is 20.2 Å². The molecule has 140 valence electrons. The number of nitrogens with zero attached hydrogens (tertiary/aromatic N) is 4. The van der Waals surface area contributed by atoms with Crippen molar-refractivity contribution in [1.29, 1.82) is 0 Å². The summed E-state index contributed by atoms with van der Waals surface area (Å²) < 4.78 is 40.4. The van der Waals surface area contributed by atoms with Gasteiger partial charge in [0.05, 0.1) is 5.56 Å². The number of carbonyl (C=O) groups excluding carboxylic acids is 1. The molecule has 3 aromatic rings. The number of aromatic nitrogens is 4. The van der Waals surface area contributed by atoms with Gasteiger partial charge in [0.15, 0.2) is 0 Å². The zero-order valence-electron chi connectivity index (χ0n) is 13.7. The van der Waals surface area contributed by atoms with E-state index in [2.05, 4.69) is 36.8 Å². The molecule has 0 spiro atoms. The largest absolute Gasteiger partial charge is 0.417 e. The Bertz CT molecular complexity index is 916. The number of carbonyl (C=O) groups is 1. The maximum atomic E-state index is 13.1. The van der Waals surface area contributed by atoms with Crippen molar-refractivity contribution in [3.8, 4) is 0 Å². The molecule has 1 N–H and O–H groups in total. The minimum atomic E-state index is -4.54. The van der Waals surface area contributed by atoms with Crippen LogP contribution in [0.25, 0.3) is 0 Å². The molecule has 0 aliphatic carbocycles. The van der Waals surface area contributed by atoms with Gasteiger partial charge in [-0.3, -0.25) is 4.79 Å². The molecule has 0 saturated carbocycles. The fourth-order valence-corrected chi connectivity index (χ4v) is 2.97. The van der Waals surface area contributed by atoms with E-state index in [1.54, 1.807) is 0 Å². The Balaban J connectivity index is 1.85. The third-order valence-corrected chi connectivity index (χ3v) is 4.49. The number of anilines is 1. The SMILES string of the molecule is O=C(Nc1ccc(Br)c(C(F)(F)F)c1)C(Cc1ccccc1)n1cnnn1. The molecule has 6 nitrogen and oxygen atoms in total.